The summed E-state index contributed by atoms with van der Waals surface area (Å²) in [6.07, 6.45) is 3.68. The van der Waals surface area contributed by atoms with E-state index < -0.39 is 0 Å². The van der Waals surface area contributed by atoms with Crippen molar-refractivity contribution in [1.82, 2.24) is 10.2 Å². The van der Waals surface area contributed by atoms with Crippen LogP contribution in [0.5, 0.6) is 5.75 Å². The van der Waals surface area contributed by atoms with Crippen LogP contribution in [-0.2, 0) is 0 Å². The lowest BCUT2D eigenvalue weighted by Crippen LogP contribution is -2.10. The lowest BCUT2D eigenvalue weighted by Gasteiger charge is -2.15. The van der Waals surface area contributed by atoms with Crippen LogP contribution in [0.2, 0.25) is 0 Å². The number of nitrogens with two attached hydrogens (primary N) is 1. The fraction of sp³-hybridized carbons (Fsp3) is 0.562. The van der Waals surface area contributed by atoms with Crippen LogP contribution < -0.4 is 10.5 Å². The topological polar surface area (TPSA) is 63.9 Å². The second-order valence-corrected chi connectivity index (χ2v) is 6.43. The van der Waals surface area contributed by atoms with E-state index in [-0.39, 0.29) is 11.6 Å². The third-order valence-electron chi connectivity index (χ3n) is 4.62. The van der Waals surface area contributed by atoms with Crippen LogP contribution in [0.15, 0.2) is 12.1 Å². The van der Waals surface area contributed by atoms with Gasteiger partial charge in [-0.2, -0.15) is 5.10 Å². The van der Waals surface area contributed by atoms with Crippen LogP contribution in [0, 0.1) is 23.6 Å². The first-order chi connectivity index (χ1) is 10.0. The highest BCUT2D eigenvalue weighted by atomic mass is 19.1. The molecule has 1 aliphatic carbocycles. The van der Waals surface area contributed by atoms with Crippen molar-refractivity contribution in [1.29, 1.82) is 0 Å². The molecule has 1 heterocycles. The summed E-state index contributed by atoms with van der Waals surface area (Å²) in [5.74, 6) is 2.49. The van der Waals surface area contributed by atoms with Crippen LogP contribution >= 0.6 is 0 Å². The van der Waals surface area contributed by atoms with Gasteiger partial charge in [0.05, 0.1) is 12.0 Å². The maximum atomic E-state index is 14.0. The molecule has 1 fully saturated rings. The summed E-state index contributed by atoms with van der Waals surface area (Å²) in [5.41, 5.74) is 6.15. The Hall–Kier alpha value is -1.78. The van der Waals surface area contributed by atoms with Crippen LogP contribution in [0.3, 0.4) is 0 Å². The quantitative estimate of drug-likeness (QED) is 0.902. The molecular weight excluding hydrogens is 269 g/mol. The maximum Gasteiger partial charge on any atom is 0.140 e. The summed E-state index contributed by atoms with van der Waals surface area (Å²) in [6.45, 7) is 5.20. The summed E-state index contributed by atoms with van der Waals surface area (Å²) in [6, 6.07) is 3.13. The van der Waals surface area contributed by atoms with Crippen molar-refractivity contribution >= 4 is 16.7 Å². The molecule has 2 atom stereocenters. The normalized spacial score (nSPS) is 22.3. The fourth-order valence-electron chi connectivity index (χ4n) is 3.27. The van der Waals surface area contributed by atoms with E-state index in [1.54, 1.807) is 6.07 Å². The number of halogens is 1. The van der Waals surface area contributed by atoms with Gasteiger partial charge in [0.2, 0.25) is 0 Å². The van der Waals surface area contributed by atoms with Gasteiger partial charge in [0.15, 0.2) is 0 Å². The van der Waals surface area contributed by atoms with E-state index in [0.717, 1.165) is 11.8 Å². The third kappa shape index (κ3) is 2.82. The van der Waals surface area contributed by atoms with Crippen molar-refractivity contribution in [2.24, 2.45) is 17.8 Å². The second-order valence-electron chi connectivity index (χ2n) is 6.43. The maximum absolute atomic E-state index is 14.0. The van der Waals surface area contributed by atoms with Crippen molar-refractivity contribution in [3.05, 3.63) is 17.9 Å². The van der Waals surface area contributed by atoms with Gasteiger partial charge in [0.25, 0.3) is 0 Å². The Bertz CT molecular complexity index is 638. The number of nitrogen functional groups attached to an aromatic ring is 1. The average Bonchev–Trinajstić information content (AvgIpc) is 3.04. The third-order valence-corrected chi connectivity index (χ3v) is 4.62. The van der Waals surface area contributed by atoms with Crippen LogP contribution in [0.25, 0.3) is 10.9 Å². The molecule has 114 valence electrons. The highest BCUT2D eigenvalue weighted by Gasteiger charge is 2.27. The highest BCUT2D eigenvalue weighted by Crippen LogP contribution is 2.36. The van der Waals surface area contributed by atoms with E-state index in [2.05, 4.69) is 24.0 Å². The molecule has 2 unspecified atom stereocenters. The predicted octanol–water partition coefficient (Wildman–Crippen LogP) is 3.74. The molecule has 21 heavy (non-hydrogen) atoms. The number of anilines is 1. The monoisotopic (exact) mass is 291 g/mol. The number of rotatable bonds is 4. The van der Waals surface area contributed by atoms with E-state index in [9.17, 15) is 4.39 Å². The standard InChI is InChI=1S/C16H22FN3O/c1-9(2)11-4-3-10(5-11)8-21-12-6-13(17)15-14(7-12)19-20-16(15)18/h6-7,9-11H,3-5,8H2,1-2H3,(H3,18,19,20). The molecule has 5 heteroatoms. The lowest BCUT2D eigenvalue weighted by atomic mass is 9.93. The number of hydrogen-bond acceptors (Lipinski definition) is 3. The number of benzene rings is 1. The van der Waals surface area contributed by atoms with Crippen LogP contribution in [-0.4, -0.2) is 16.8 Å². The predicted molar refractivity (Wildman–Crippen MR) is 81.6 cm³/mol. The molecule has 0 radical (unpaired) electrons. The first-order valence-corrected chi connectivity index (χ1v) is 7.60. The first-order valence-electron chi connectivity index (χ1n) is 7.60. The van der Waals surface area contributed by atoms with Crippen molar-refractivity contribution in [3.8, 4) is 5.75 Å². The Labute approximate surface area is 123 Å². The van der Waals surface area contributed by atoms with Gasteiger partial charge in [0.1, 0.15) is 22.9 Å². The molecule has 3 N–H and O–H groups in total. The zero-order chi connectivity index (χ0) is 15.0. The number of aromatic amines is 1. The molecule has 4 nitrogen and oxygen atoms in total. The Morgan fingerprint density at radius 2 is 2.24 bits per heavy atom. The molecule has 1 saturated carbocycles. The van der Waals surface area contributed by atoms with Gasteiger partial charge in [-0.25, -0.2) is 4.39 Å². The van der Waals surface area contributed by atoms with Crippen LogP contribution in [0.1, 0.15) is 33.1 Å². The zero-order valence-corrected chi connectivity index (χ0v) is 12.5. The Morgan fingerprint density at radius 1 is 1.43 bits per heavy atom. The van der Waals surface area contributed by atoms with E-state index in [1.165, 1.54) is 25.3 Å². The van der Waals surface area contributed by atoms with Crippen molar-refractivity contribution in [2.75, 3.05) is 12.3 Å². The number of fused-ring (bicyclic) bond motifs is 1. The molecule has 0 saturated heterocycles. The molecule has 0 aliphatic heterocycles. The molecule has 1 aromatic carbocycles. The summed E-state index contributed by atoms with van der Waals surface area (Å²) in [5, 5.41) is 6.91. The van der Waals surface area contributed by atoms with Crippen molar-refractivity contribution in [3.63, 3.8) is 0 Å². The molecule has 0 amide bonds. The van der Waals surface area contributed by atoms with Crippen LogP contribution in [0.4, 0.5) is 10.2 Å². The average molecular weight is 291 g/mol. The fourth-order valence-corrected chi connectivity index (χ4v) is 3.27. The molecular formula is C16H22FN3O. The van der Waals surface area contributed by atoms with E-state index in [0.29, 0.717) is 29.2 Å². The van der Waals surface area contributed by atoms with Gasteiger partial charge in [-0.05, 0) is 37.0 Å². The summed E-state index contributed by atoms with van der Waals surface area (Å²) in [4.78, 5) is 0. The summed E-state index contributed by atoms with van der Waals surface area (Å²) < 4.78 is 19.8. The summed E-state index contributed by atoms with van der Waals surface area (Å²) >= 11 is 0. The minimum absolute atomic E-state index is 0.254. The van der Waals surface area contributed by atoms with Gasteiger partial charge in [0, 0.05) is 12.1 Å². The number of H-pyrrole nitrogens is 1. The van der Waals surface area contributed by atoms with Gasteiger partial charge in [-0.1, -0.05) is 13.8 Å². The van der Waals surface area contributed by atoms with Gasteiger partial charge in [-0.15, -0.1) is 0 Å². The minimum Gasteiger partial charge on any atom is -0.493 e. The molecule has 1 aromatic heterocycles. The van der Waals surface area contributed by atoms with Gasteiger partial charge >= 0.3 is 0 Å². The minimum atomic E-state index is -0.389. The number of nitrogens with one attached hydrogen (secondary N) is 1. The SMILES string of the molecule is CC(C)C1CCC(COc2cc(F)c3c(N)[nH]nc3c2)C1. The molecule has 1 aliphatic rings. The lowest BCUT2D eigenvalue weighted by molar-refractivity contribution is 0.242. The molecule has 2 aromatic rings. The van der Waals surface area contributed by atoms with Gasteiger partial charge in [-0.3, -0.25) is 5.10 Å². The summed E-state index contributed by atoms with van der Waals surface area (Å²) in [7, 11) is 0. The Kier molecular flexibility index (Phi) is 3.74. The number of hydrogen-bond donors (Lipinski definition) is 2. The number of ether oxygens (including phenoxy) is 1. The Morgan fingerprint density at radius 3 is 2.95 bits per heavy atom. The van der Waals surface area contributed by atoms with E-state index in [1.807, 2.05) is 0 Å². The van der Waals surface area contributed by atoms with Gasteiger partial charge < -0.3 is 10.5 Å². The molecule has 3 rings (SSSR count). The molecule has 0 spiro atoms. The van der Waals surface area contributed by atoms with E-state index in [4.69, 9.17) is 10.5 Å². The molecule has 0 bridgehead atoms. The van der Waals surface area contributed by atoms with Crippen molar-refractivity contribution in [2.45, 2.75) is 33.1 Å². The number of nitrogens with zero attached hydrogens (tertiary/aromatic N) is 1. The van der Waals surface area contributed by atoms with E-state index >= 15 is 0 Å². The van der Waals surface area contributed by atoms with Crippen molar-refractivity contribution < 1.29 is 9.13 Å². The zero-order valence-electron chi connectivity index (χ0n) is 12.5. The second kappa shape index (κ2) is 5.54. The smallest absolute Gasteiger partial charge is 0.140 e. The largest absolute Gasteiger partial charge is 0.493 e. The highest BCUT2D eigenvalue weighted by molar-refractivity contribution is 5.90. The Balaban J connectivity index is 1.66. The number of aromatic nitrogens is 2. The first kappa shape index (κ1) is 14.2.